The molecule has 3 aromatic rings. The van der Waals surface area contributed by atoms with Crippen molar-refractivity contribution in [2.75, 3.05) is 6.61 Å². The molecule has 1 N–H and O–H groups in total. The second-order valence-corrected chi connectivity index (χ2v) is 8.91. The molecule has 2 aliphatic heterocycles. The van der Waals surface area contributed by atoms with Crippen LogP contribution in [0.2, 0.25) is 0 Å². The molecule has 5 rings (SSSR count). The molecular weight excluding hydrogens is 444 g/mol. The fraction of sp³-hybridized carbons (Fsp3) is 0.148. The number of amidine groups is 2. The fourth-order valence-electron chi connectivity index (χ4n) is 3.88. The van der Waals surface area contributed by atoms with Crippen molar-refractivity contribution in [2.24, 2.45) is 4.99 Å². The zero-order chi connectivity index (χ0) is 23.5. The van der Waals surface area contributed by atoms with E-state index in [9.17, 15) is 4.79 Å². The Labute approximate surface area is 202 Å². The Kier molecular flexibility index (Phi) is 6.18. The Bertz CT molecular complexity index is 1320. The van der Waals surface area contributed by atoms with Gasteiger partial charge in [0.25, 0.3) is 5.91 Å². The van der Waals surface area contributed by atoms with Crippen LogP contribution in [0.4, 0.5) is 0 Å². The molecule has 0 aliphatic carbocycles. The highest BCUT2D eigenvalue weighted by Crippen LogP contribution is 2.37. The van der Waals surface area contributed by atoms with E-state index in [4.69, 9.17) is 10.1 Å². The lowest BCUT2D eigenvalue weighted by Gasteiger charge is -2.27. The number of thioether (sulfide) groups is 1. The number of benzene rings is 2. The van der Waals surface area contributed by atoms with Crippen LogP contribution in [0.1, 0.15) is 23.2 Å². The summed E-state index contributed by atoms with van der Waals surface area (Å²) in [5, 5.41) is 11.3. The summed E-state index contributed by atoms with van der Waals surface area (Å²) in [6, 6.07) is 21.8. The minimum Gasteiger partial charge on any atom is -0.494 e. The lowest BCUT2D eigenvalue weighted by atomic mass is 10.1. The van der Waals surface area contributed by atoms with Gasteiger partial charge in [-0.3, -0.25) is 15.1 Å². The molecule has 6 nitrogen and oxygen atoms in total. The number of carbonyl (C=O) groups is 1. The summed E-state index contributed by atoms with van der Waals surface area (Å²) < 4.78 is 7.90. The first-order valence-electron chi connectivity index (χ1n) is 11.1. The van der Waals surface area contributed by atoms with Gasteiger partial charge >= 0.3 is 0 Å². The number of hydrogen-bond acceptors (Lipinski definition) is 4. The fourth-order valence-corrected chi connectivity index (χ4v) is 4.77. The van der Waals surface area contributed by atoms with E-state index >= 15 is 0 Å². The van der Waals surface area contributed by atoms with Gasteiger partial charge in [-0.1, -0.05) is 59.8 Å². The molecule has 0 saturated heterocycles. The second kappa shape index (κ2) is 9.57. The number of aromatic nitrogens is 1. The Hall–Kier alpha value is -3.84. The van der Waals surface area contributed by atoms with Crippen molar-refractivity contribution in [3.8, 4) is 5.75 Å². The number of nitrogens with one attached hydrogen (secondary N) is 1. The SMILES string of the molecule is Cc1ccc(OCCCn2cccc2C=C2C(=N)N3C(c4ccccc4)=CSC3=NC2=O)cc1. The van der Waals surface area contributed by atoms with Crippen molar-refractivity contribution in [1.29, 1.82) is 5.41 Å². The quantitative estimate of drug-likeness (QED) is 0.364. The summed E-state index contributed by atoms with van der Waals surface area (Å²) in [6.07, 6.45) is 4.55. The van der Waals surface area contributed by atoms with Crippen LogP contribution >= 0.6 is 11.8 Å². The number of ether oxygens (including phenoxy) is 1. The highest BCUT2D eigenvalue weighted by molar-refractivity contribution is 8.17. The van der Waals surface area contributed by atoms with Crippen LogP contribution in [0.3, 0.4) is 0 Å². The minimum atomic E-state index is -0.387. The van der Waals surface area contributed by atoms with Crippen LogP contribution in [0.25, 0.3) is 11.8 Å². The highest BCUT2D eigenvalue weighted by Gasteiger charge is 2.36. The lowest BCUT2D eigenvalue weighted by Crippen LogP contribution is -2.38. The Morgan fingerprint density at radius 2 is 1.85 bits per heavy atom. The van der Waals surface area contributed by atoms with Crippen molar-refractivity contribution >= 4 is 40.4 Å². The van der Waals surface area contributed by atoms with Crippen LogP contribution < -0.4 is 4.74 Å². The summed E-state index contributed by atoms with van der Waals surface area (Å²) in [5.41, 5.74) is 4.19. The van der Waals surface area contributed by atoms with E-state index in [0.717, 1.165) is 35.7 Å². The minimum absolute atomic E-state index is 0.144. The number of amides is 1. The molecule has 1 amide bonds. The molecule has 2 aliphatic rings. The lowest BCUT2D eigenvalue weighted by molar-refractivity contribution is -0.114. The van der Waals surface area contributed by atoms with Gasteiger partial charge in [0.1, 0.15) is 11.6 Å². The zero-order valence-corrected chi connectivity index (χ0v) is 19.6. The van der Waals surface area contributed by atoms with Gasteiger partial charge in [-0.2, -0.15) is 4.99 Å². The molecule has 7 heteroatoms. The molecule has 3 heterocycles. The summed E-state index contributed by atoms with van der Waals surface area (Å²) in [5.74, 6) is 0.619. The maximum absolute atomic E-state index is 12.8. The summed E-state index contributed by atoms with van der Waals surface area (Å²) in [4.78, 5) is 18.8. The van der Waals surface area contributed by atoms with E-state index in [2.05, 4.69) is 16.5 Å². The zero-order valence-electron chi connectivity index (χ0n) is 18.8. The number of carbonyl (C=O) groups excluding carboxylic acids is 1. The van der Waals surface area contributed by atoms with Crippen molar-refractivity contribution in [2.45, 2.75) is 19.9 Å². The average molecular weight is 469 g/mol. The third kappa shape index (κ3) is 4.47. The van der Waals surface area contributed by atoms with Crippen LogP contribution in [-0.4, -0.2) is 33.0 Å². The average Bonchev–Trinajstić information content (AvgIpc) is 3.48. The van der Waals surface area contributed by atoms with Gasteiger partial charge in [0.2, 0.25) is 0 Å². The molecule has 170 valence electrons. The van der Waals surface area contributed by atoms with Gasteiger partial charge in [-0.25, -0.2) is 0 Å². The van der Waals surface area contributed by atoms with Crippen LogP contribution in [0, 0.1) is 12.3 Å². The second-order valence-electron chi connectivity index (χ2n) is 8.07. The Morgan fingerprint density at radius 3 is 2.65 bits per heavy atom. The van der Waals surface area contributed by atoms with Crippen LogP contribution in [0.5, 0.6) is 5.75 Å². The monoisotopic (exact) mass is 468 g/mol. The number of nitrogens with zero attached hydrogens (tertiary/aromatic N) is 3. The van der Waals surface area contributed by atoms with Gasteiger partial charge < -0.3 is 9.30 Å². The van der Waals surface area contributed by atoms with Gasteiger partial charge in [-0.05, 0) is 49.2 Å². The molecule has 0 atom stereocenters. The van der Waals surface area contributed by atoms with E-state index in [0.29, 0.717) is 11.8 Å². The predicted molar refractivity (Wildman–Crippen MR) is 138 cm³/mol. The van der Waals surface area contributed by atoms with Gasteiger partial charge in [0, 0.05) is 23.8 Å². The molecule has 0 radical (unpaired) electrons. The van der Waals surface area contributed by atoms with Crippen molar-refractivity contribution in [3.05, 3.63) is 101 Å². The van der Waals surface area contributed by atoms with Gasteiger partial charge in [0.15, 0.2) is 5.17 Å². The van der Waals surface area contributed by atoms with Crippen molar-refractivity contribution < 1.29 is 9.53 Å². The molecule has 34 heavy (non-hydrogen) atoms. The molecule has 0 saturated carbocycles. The first-order valence-corrected chi connectivity index (χ1v) is 12.0. The molecule has 1 aromatic heterocycles. The van der Waals surface area contributed by atoms with E-state index in [-0.39, 0.29) is 17.3 Å². The normalized spacial score (nSPS) is 16.5. The van der Waals surface area contributed by atoms with E-state index < -0.39 is 0 Å². The molecule has 0 unspecified atom stereocenters. The first-order chi connectivity index (χ1) is 16.6. The van der Waals surface area contributed by atoms with Crippen molar-refractivity contribution in [3.63, 3.8) is 0 Å². The summed E-state index contributed by atoms with van der Waals surface area (Å²) in [7, 11) is 0. The smallest absolute Gasteiger partial charge is 0.283 e. The third-order valence-corrected chi connectivity index (χ3v) is 6.50. The number of rotatable bonds is 7. The Morgan fingerprint density at radius 1 is 1.06 bits per heavy atom. The number of hydrogen-bond donors (Lipinski definition) is 1. The highest BCUT2D eigenvalue weighted by atomic mass is 32.2. The number of aliphatic imine (C=N–C) groups is 1. The number of aryl methyl sites for hydroxylation is 2. The Balaban J connectivity index is 1.30. The topological polar surface area (TPSA) is 70.7 Å². The summed E-state index contributed by atoms with van der Waals surface area (Å²) >= 11 is 1.37. The van der Waals surface area contributed by atoms with E-state index in [1.807, 2.05) is 78.3 Å². The van der Waals surface area contributed by atoms with Gasteiger partial charge in [0.05, 0.1) is 17.9 Å². The van der Waals surface area contributed by atoms with Gasteiger partial charge in [-0.15, -0.1) is 0 Å². The molecule has 0 spiro atoms. The van der Waals surface area contributed by atoms with Crippen LogP contribution in [0.15, 0.2) is 88.9 Å². The van der Waals surface area contributed by atoms with E-state index in [1.165, 1.54) is 17.3 Å². The molecular formula is C27H24N4O2S. The van der Waals surface area contributed by atoms with E-state index in [1.54, 1.807) is 11.0 Å². The standard InChI is InChI=1S/C27H24N4O2S/c1-19-10-12-22(13-11-19)33-16-6-15-30-14-5-9-21(30)17-23-25(28)31-24(20-7-3-2-4-8-20)18-34-27(31)29-26(23)32/h2-5,7-14,17-18,28H,6,15-16H2,1H3. The molecule has 2 aromatic carbocycles. The number of fused-ring (bicyclic) bond motifs is 1. The maximum Gasteiger partial charge on any atom is 0.283 e. The molecule has 0 fully saturated rings. The maximum atomic E-state index is 12.8. The van der Waals surface area contributed by atoms with Crippen LogP contribution in [-0.2, 0) is 11.3 Å². The largest absolute Gasteiger partial charge is 0.494 e. The predicted octanol–water partition coefficient (Wildman–Crippen LogP) is 5.57. The van der Waals surface area contributed by atoms with Crippen molar-refractivity contribution in [1.82, 2.24) is 9.47 Å². The molecule has 0 bridgehead atoms. The summed E-state index contributed by atoms with van der Waals surface area (Å²) in [6.45, 7) is 3.38. The first kappa shape index (κ1) is 22.0. The third-order valence-electron chi connectivity index (χ3n) is 5.67.